The minimum atomic E-state index is -0.924. The number of hydrogen-bond acceptors (Lipinski definition) is 4. The maximum absolute atomic E-state index is 12.5. The summed E-state index contributed by atoms with van der Waals surface area (Å²) < 4.78 is 1.08. The van der Waals surface area contributed by atoms with Gasteiger partial charge in [-0.2, -0.15) is 0 Å². The molecular formula is C20H27N3O4. The van der Waals surface area contributed by atoms with E-state index in [4.69, 9.17) is 5.21 Å². The van der Waals surface area contributed by atoms with E-state index in [0.29, 0.717) is 30.9 Å². The molecule has 27 heavy (non-hydrogen) atoms. The Morgan fingerprint density at radius 3 is 2.56 bits per heavy atom. The zero-order valence-electron chi connectivity index (χ0n) is 15.4. The van der Waals surface area contributed by atoms with Crippen molar-refractivity contribution in [1.29, 1.82) is 0 Å². The number of benzene rings is 1. The zero-order valence-corrected chi connectivity index (χ0v) is 15.4. The van der Waals surface area contributed by atoms with Crippen LogP contribution in [0.1, 0.15) is 55.8 Å². The fourth-order valence-corrected chi connectivity index (χ4v) is 4.01. The lowest BCUT2D eigenvalue weighted by molar-refractivity contribution is -0.133. The van der Waals surface area contributed by atoms with Crippen LogP contribution in [0.5, 0.6) is 5.88 Å². The molecule has 3 rings (SSSR count). The lowest BCUT2D eigenvalue weighted by Crippen LogP contribution is -2.36. The molecule has 1 fully saturated rings. The highest BCUT2D eigenvalue weighted by Gasteiger charge is 2.30. The second-order valence-electron chi connectivity index (χ2n) is 7.32. The lowest BCUT2D eigenvalue weighted by Gasteiger charge is -2.26. The number of amides is 1. The van der Waals surface area contributed by atoms with Crippen molar-refractivity contribution in [3.05, 3.63) is 52.1 Å². The van der Waals surface area contributed by atoms with Crippen LogP contribution in [0.15, 0.2) is 35.1 Å². The monoisotopic (exact) mass is 373 g/mol. The molecule has 7 heteroatoms. The number of nitrogens with zero attached hydrogens (tertiary/aromatic N) is 1. The Labute approximate surface area is 158 Å². The maximum Gasteiger partial charge on any atom is 0.329 e. The van der Waals surface area contributed by atoms with Crippen molar-refractivity contribution < 1.29 is 15.1 Å². The molecule has 7 nitrogen and oxygen atoms in total. The summed E-state index contributed by atoms with van der Waals surface area (Å²) in [5, 5.41) is 19.7. The summed E-state index contributed by atoms with van der Waals surface area (Å²) in [7, 11) is 0. The first-order chi connectivity index (χ1) is 13.1. The van der Waals surface area contributed by atoms with Gasteiger partial charge in [0.1, 0.15) is 6.04 Å². The summed E-state index contributed by atoms with van der Waals surface area (Å²) in [5.41, 5.74) is 2.62. The molecular weight excluding hydrogens is 346 g/mol. The number of carbonyl (C=O) groups is 1. The Morgan fingerprint density at radius 1 is 1.19 bits per heavy atom. The second-order valence-corrected chi connectivity index (χ2v) is 7.32. The van der Waals surface area contributed by atoms with Crippen LogP contribution in [-0.4, -0.2) is 25.8 Å². The Kier molecular flexibility index (Phi) is 6.34. The Bertz CT molecular complexity index is 806. The number of carbonyl (C=O) groups excluding carboxylic acids is 1. The highest BCUT2D eigenvalue weighted by molar-refractivity contribution is 5.79. The maximum atomic E-state index is 12.5. The first-order valence-electron chi connectivity index (χ1n) is 9.60. The van der Waals surface area contributed by atoms with Gasteiger partial charge >= 0.3 is 5.69 Å². The third kappa shape index (κ3) is 4.60. The summed E-state index contributed by atoms with van der Waals surface area (Å²) in [6.07, 6.45) is 6.93. The molecule has 1 atom stereocenters. The zero-order chi connectivity index (χ0) is 19.2. The number of hydrogen-bond donors (Lipinski definition) is 4. The fourth-order valence-electron chi connectivity index (χ4n) is 4.01. The molecule has 0 aliphatic heterocycles. The molecule has 0 bridgehead atoms. The number of nitrogens with one attached hydrogen (secondary N) is 2. The average Bonchev–Trinajstić information content (AvgIpc) is 2.99. The average molecular weight is 373 g/mol. The summed E-state index contributed by atoms with van der Waals surface area (Å²) >= 11 is 0. The smallest absolute Gasteiger partial charge is 0.329 e. The van der Waals surface area contributed by atoms with Crippen LogP contribution in [0.3, 0.4) is 0 Å². The summed E-state index contributed by atoms with van der Waals surface area (Å²) in [5.74, 6) is -0.595. The van der Waals surface area contributed by atoms with E-state index in [1.807, 2.05) is 30.3 Å². The Balaban J connectivity index is 1.80. The molecule has 146 valence electrons. The van der Waals surface area contributed by atoms with Crippen molar-refractivity contribution in [3.63, 3.8) is 0 Å². The van der Waals surface area contributed by atoms with Gasteiger partial charge in [-0.25, -0.2) is 10.3 Å². The Hall–Kier alpha value is -2.54. The summed E-state index contributed by atoms with van der Waals surface area (Å²) in [4.78, 5) is 27.4. The van der Waals surface area contributed by atoms with Crippen molar-refractivity contribution in [2.45, 2.75) is 57.4 Å². The molecule has 2 aromatic rings. The lowest BCUT2D eigenvalue weighted by atomic mass is 9.84. The topological polar surface area (TPSA) is 107 Å². The van der Waals surface area contributed by atoms with Gasteiger partial charge in [0.2, 0.25) is 5.88 Å². The normalized spacial score (nSPS) is 16.2. The first kappa shape index (κ1) is 19.2. The van der Waals surface area contributed by atoms with Crippen molar-refractivity contribution >= 4 is 5.91 Å². The van der Waals surface area contributed by atoms with Crippen LogP contribution in [-0.2, 0) is 17.6 Å². The van der Waals surface area contributed by atoms with E-state index < -0.39 is 17.6 Å². The fraction of sp³-hybridized carbons (Fsp3) is 0.500. The largest absolute Gasteiger partial charge is 0.493 e. The van der Waals surface area contributed by atoms with Crippen molar-refractivity contribution in [3.8, 4) is 5.88 Å². The standard InChI is InChI=1S/C20H27N3O4/c24-18(22-27)17(13-15-9-5-2-6-10-15)23-19(25)16(21-20(23)26)12-11-14-7-3-1-4-8-14/h1,3-4,7-8,15,17,25,27H,2,5-6,9-13H2,(H,21,26)(H,22,24)/t17-/m1/s1. The second kappa shape index (κ2) is 8.90. The molecule has 1 heterocycles. The predicted molar refractivity (Wildman–Crippen MR) is 101 cm³/mol. The number of imidazole rings is 1. The Morgan fingerprint density at radius 2 is 1.89 bits per heavy atom. The number of H-pyrrole nitrogens is 1. The number of rotatable bonds is 7. The van der Waals surface area contributed by atoms with Crippen LogP contribution in [0.4, 0.5) is 0 Å². The van der Waals surface area contributed by atoms with Crippen molar-refractivity contribution in [2.75, 3.05) is 0 Å². The molecule has 0 spiro atoms. The molecule has 0 unspecified atom stereocenters. The molecule has 4 N–H and O–H groups in total. The van der Waals surface area contributed by atoms with E-state index in [2.05, 4.69) is 4.98 Å². The van der Waals surface area contributed by atoms with Gasteiger partial charge in [0.15, 0.2) is 0 Å². The minimum Gasteiger partial charge on any atom is -0.493 e. The van der Waals surface area contributed by atoms with Crippen LogP contribution in [0.25, 0.3) is 0 Å². The van der Waals surface area contributed by atoms with E-state index >= 15 is 0 Å². The highest BCUT2D eigenvalue weighted by atomic mass is 16.5. The van der Waals surface area contributed by atoms with E-state index in [0.717, 1.165) is 35.8 Å². The van der Waals surface area contributed by atoms with Crippen LogP contribution >= 0.6 is 0 Å². The number of aromatic amines is 1. The third-order valence-corrected chi connectivity index (χ3v) is 5.49. The third-order valence-electron chi connectivity index (χ3n) is 5.49. The van der Waals surface area contributed by atoms with Gasteiger partial charge in [-0.15, -0.1) is 0 Å². The molecule has 1 aliphatic rings. The van der Waals surface area contributed by atoms with Gasteiger partial charge < -0.3 is 10.1 Å². The van der Waals surface area contributed by atoms with Gasteiger partial charge in [-0.1, -0.05) is 62.4 Å². The van der Waals surface area contributed by atoms with Crippen molar-refractivity contribution in [1.82, 2.24) is 15.0 Å². The van der Waals surface area contributed by atoms with Gasteiger partial charge in [0.05, 0.1) is 5.69 Å². The number of hydroxylamine groups is 1. The van der Waals surface area contributed by atoms with Crippen molar-refractivity contribution in [2.24, 2.45) is 5.92 Å². The quantitative estimate of drug-likeness (QED) is 0.442. The number of aryl methyl sites for hydroxylation is 2. The van der Waals surface area contributed by atoms with Gasteiger partial charge in [0.25, 0.3) is 5.91 Å². The van der Waals surface area contributed by atoms with E-state index in [1.165, 1.54) is 6.42 Å². The van der Waals surface area contributed by atoms with Crippen LogP contribution in [0, 0.1) is 5.92 Å². The minimum absolute atomic E-state index is 0.222. The highest BCUT2D eigenvalue weighted by Crippen LogP contribution is 2.32. The molecule has 1 aromatic carbocycles. The molecule has 1 aromatic heterocycles. The molecule has 1 aliphatic carbocycles. The number of aromatic hydroxyl groups is 1. The predicted octanol–water partition coefficient (Wildman–Crippen LogP) is 2.68. The van der Waals surface area contributed by atoms with Gasteiger partial charge in [-0.3, -0.25) is 14.6 Å². The summed E-state index contributed by atoms with van der Waals surface area (Å²) in [6.45, 7) is 0. The first-order valence-corrected chi connectivity index (χ1v) is 9.60. The molecule has 1 amide bonds. The molecule has 0 radical (unpaired) electrons. The van der Waals surface area contributed by atoms with E-state index in [9.17, 15) is 14.7 Å². The van der Waals surface area contributed by atoms with Crippen LogP contribution < -0.4 is 11.2 Å². The SMILES string of the molecule is O=C(NO)[C@@H](CC1CCCCC1)n1c(O)c(CCc2ccccc2)[nH]c1=O. The van der Waals surface area contributed by atoms with Gasteiger partial charge in [0, 0.05) is 0 Å². The van der Waals surface area contributed by atoms with E-state index in [-0.39, 0.29) is 5.88 Å². The number of aromatic nitrogens is 2. The van der Waals surface area contributed by atoms with Crippen LogP contribution in [0.2, 0.25) is 0 Å². The van der Waals surface area contributed by atoms with Gasteiger partial charge in [-0.05, 0) is 30.7 Å². The van der Waals surface area contributed by atoms with E-state index in [1.54, 1.807) is 5.48 Å². The molecule has 1 saturated carbocycles. The molecule has 0 saturated heterocycles. The summed E-state index contributed by atoms with van der Waals surface area (Å²) in [6, 6.07) is 8.85.